The van der Waals surface area contributed by atoms with E-state index >= 15 is 0 Å². The van der Waals surface area contributed by atoms with Crippen LogP contribution in [0.3, 0.4) is 0 Å². The highest BCUT2D eigenvalue weighted by Crippen LogP contribution is 2.31. The van der Waals surface area contributed by atoms with Crippen molar-refractivity contribution in [2.24, 2.45) is 0 Å². The number of nitrogens with zero attached hydrogens (tertiary/aromatic N) is 2. The number of rotatable bonds is 1. The summed E-state index contributed by atoms with van der Waals surface area (Å²) in [5.74, 6) is 0.787. The molecule has 1 aromatic carbocycles. The average molecular weight is 258 g/mol. The first-order chi connectivity index (χ1) is 8.63. The van der Waals surface area contributed by atoms with Crippen molar-refractivity contribution in [2.75, 3.05) is 0 Å². The molecule has 0 unspecified atom stereocenters. The molecule has 2 aliphatic heterocycles. The van der Waals surface area contributed by atoms with Crippen molar-refractivity contribution in [3.05, 3.63) is 46.9 Å². The van der Waals surface area contributed by atoms with Gasteiger partial charge in [0, 0.05) is 5.56 Å². The number of H-pyrrole nitrogens is 1. The maximum Gasteiger partial charge on any atom is 0.158 e. The Morgan fingerprint density at radius 3 is 2.50 bits per heavy atom. The van der Waals surface area contributed by atoms with E-state index in [9.17, 15) is 0 Å². The second-order valence-corrected chi connectivity index (χ2v) is 4.74. The topological polar surface area (TPSA) is 41.6 Å². The maximum absolute atomic E-state index is 6.09. The molecule has 2 aliphatic rings. The molecule has 0 fully saturated rings. The normalized spacial score (nSPS) is 11.1. The Balaban J connectivity index is 2.17. The lowest BCUT2D eigenvalue weighted by Gasteiger charge is -2.00. The number of aromatic nitrogens is 3. The van der Waals surface area contributed by atoms with Gasteiger partial charge >= 0.3 is 0 Å². The zero-order valence-corrected chi connectivity index (χ0v) is 10.9. The van der Waals surface area contributed by atoms with Gasteiger partial charge in [0.25, 0.3) is 0 Å². The molecule has 1 aromatic rings. The minimum atomic E-state index is 0.444. The average Bonchev–Trinajstić information content (AvgIpc) is 2.74. The molecule has 4 heteroatoms. The summed E-state index contributed by atoms with van der Waals surface area (Å²) < 4.78 is 0. The number of hydrogen-bond donors (Lipinski definition) is 1. The first-order valence-corrected chi connectivity index (χ1v) is 6.11. The second kappa shape index (κ2) is 4.10. The Kier molecular flexibility index (Phi) is 2.56. The SMILES string of the molecule is Cc1ccc(-c2cc3[nH]c(C)nc(Cl)c-3n2)cc1. The van der Waals surface area contributed by atoms with E-state index in [2.05, 4.69) is 46.1 Å². The van der Waals surface area contributed by atoms with Gasteiger partial charge in [0.15, 0.2) is 5.15 Å². The molecule has 0 spiro atoms. The third-order valence-electron chi connectivity index (χ3n) is 2.89. The Labute approximate surface area is 110 Å². The quantitative estimate of drug-likeness (QED) is 0.673. The number of fused-ring (bicyclic) bond motifs is 1. The van der Waals surface area contributed by atoms with Crippen LogP contribution in [0.15, 0.2) is 30.3 Å². The third-order valence-corrected chi connectivity index (χ3v) is 3.16. The van der Waals surface area contributed by atoms with Gasteiger partial charge in [-0.2, -0.15) is 0 Å². The van der Waals surface area contributed by atoms with E-state index in [1.165, 1.54) is 5.56 Å². The number of halogens is 1. The van der Waals surface area contributed by atoms with Crippen LogP contribution in [-0.2, 0) is 0 Å². The van der Waals surface area contributed by atoms with Crippen molar-refractivity contribution >= 4 is 11.6 Å². The third kappa shape index (κ3) is 1.87. The summed E-state index contributed by atoms with van der Waals surface area (Å²) in [4.78, 5) is 11.9. The predicted octanol–water partition coefficient (Wildman–Crippen LogP) is 3.85. The van der Waals surface area contributed by atoms with Crippen LogP contribution in [0.2, 0.25) is 5.15 Å². The van der Waals surface area contributed by atoms with Crippen LogP contribution in [0.4, 0.5) is 0 Å². The standard InChI is InChI=1S/C14H12ClN3/c1-8-3-5-10(6-4-8)11-7-12-13(18-11)14(15)17-9(2)16-12/h3-7H,1-2H3,(H,16,17). The van der Waals surface area contributed by atoms with E-state index in [-0.39, 0.29) is 0 Å². The van der Waals surface area contributed by atoms with Gasteiger partial charge in [-0.25, -0.2) is 9.97 Å². The van der Waals surface area contributed by atoms with Crippen molar-refractivity contribution in [1.82, 2.24) is 15.0 Å². The Bertz CT molecular complexity index is 670. The van der Waals surface area contributed by atoms with Gasteiger partial charge in [-0.15, -0.1) is 0 Å². The van der Waals surface area contributed by atoms with Crippen LogP contribution in [0.25, 0.3) is 22.6 Å². The summed E-state index contributed by atoms with van der Waals surface area (Å²) in [7, 11) is 0. The fourth-order valence-corrected chi connectivity index (χ4v) is 2.24. The van der Waals surface area contributed by atoms with E-state index in [0.717, 1.165) is 28.5 Å². The lowest BCUT2D eigenvalue weighted by atomic mass is 10.1. The number of aryl methyl sites for hydroxylation is 2. The fraction of sp³-hybridized carbons (Fsp3) is 0.143. The van der Waals surface area contributed by atoms with Crippen molar-refractivity contribution < 1.29 is 0 Å². The summed E-state index contributed by atoms with van der Waals surface area (Å²) in [5, 5.41) is 0.444. The van der Waals surface area contributed by atoms with Crippen LogP contribution >= 0.6 is 11.6 Å². The summed E-state index contributed by atoms with van der Waals surface area (Å²) in [5.41, 5.74) is 4.87. The molecule has 0 radical (unpaired) electrons. The molecule has 0 saturated heterocycles. The summed E-state index contributed by atoms with van der Waals surface area (Å²) in [6, 6.07) is 10.3. The zero-order valence-electron chi connectivity index (χ0n) is 10.2. The first-order valence-electron chi connectivity index (χ1n) is 5.73. The lowest BCUT2D eigenvalue weighted by Crippen LogP contribution is -1.92. The van der Waals surface area contributed by atoms with E-state index in [0.29, 0.717) is 5.15 Å². The van der Waals surface area contributed by atoms with E-state index in [1.807, 2.05) is 13.0 Å². The predicted molar refractivity (Wildman–Crippen MR) is 72.9 cm³/mol. The molecule has 0 atom stereocenters. The fourth-order valence-electron chi connectivity index (χ4n) is 1.97. The number of benzene rings is 1. The van der Waals surface area contributed by atoms with Crippen LogP contribution in [0.1, 0.15) is 11.4 Å². The number of aromatic amines is 1. The molecule has 0 amide bonds. The van der Waals surface area contributed by atoms with Crippen LogP contribution in [0.5, 0.6) is 0 Å². The Morgan fingerprint density at radius 2 is 1.78 bits per heavy atom. The van der Waals surface area contributed by atoms with Crippen molar-refractivity contribution in [3.8, 4) is 22.6 Å². The van der Waals surface area contributed by atoms with E-state index in [1.54, 1.807) is 0 Å². The van der Waals surface area contributed by atoms with Gasteiger partial charge in [0.1, 0.15) is 11.5 Å². The largest absolute Gasteiger partial charge is 0.342 e. The van der Waals surface area contributed by atoms with Crippen LogP contribution < -0.4 is 0 Å². The number of hydrogen-bond acceptors (Lipinski definition) is 2. The Morgan fingerprint density at radius 1 is 1.06 bits per heavy atom. The van der Waals surface area contributed by atoms with Gasteiger partial charge in [0.2, 0.25) is 0 Å². The summed E-state index contributed by atoms with van der Waals surface area (Å²) in [6.45, 7) is 3.94. The smallest absolute Gasteiger partial charge is 0.158 e. The molecule has 18 heavy (non-hydrogen) atoms. The minimum Gasteiger partial charge on any atom is -0.342 e. The van der Waals surface area contributed by atoms with Crippen molar-refractivity contribution in [1.29, 1.82) is 0 Å². The van der Waals surface area contributed by atoms with E-state index < -0.39 is 0 Å². The highest BCUT2D eigenvalue weighted by atomic mass is 35.5. The molecular formula is C14H12ClN3. The molecule has 1 N–H and O–H groups in total. The van der Waals surface area contributed by atoms with Gasteiger partial charge in [-0.05, 0) is 19.9 Å². The highest BCUT2D eigenvalue weighted by Gasteiger charge is 2.15. The Hall–Kier alpha value is -1.87. The van der Waals surface area contributed by atoms with Gasteiger partial charge in [-0.1, -0.05) is 41.4 Å². The monoisotopic (exact) mass is 257 g/mol. The summed E-state index contributed by atoms with van der Waals surface area (Å²) >= 11 is 6.09. The molecule has 3 nitrogen and oxygen atoms in total. The molecular weight excluding hydrogens is 246 g/mol. The molecule has 0 bridgehead atoms. The van der Waals surface area contributed by atoms with Gasteiger partial charge in [-0.3, -0.25) is 0 Å². The summed E-state index contributed by atoms with van der Waals surface area (Å²) in [6.07, 6.45) is 0. The van der Waals surface area contributed by atoms with E-state index in [4.69, 9.17) is 11.6 Å². The van der Waals surface area contributed by atoms with Crippen molar-refractivity contribution in [2.45, 2.75) is 13.8 Å². The maximum atomic E-state index is 6.09. The lowest BCUT2D eigenvalue weighted by molar-refractivity contribution is 1.05. The zero-order chi connectivity index (χ0) is 12.7. The molecule has 0 saturated carbocycles. The second-order valence-electron chi connectivity index (χ2n) is 4.38. The van der Waals surface area contributed by atoms with Crippen LogP contribution in [0, 0.1) is 13.8 Å². The molecule has 0 aliphatic carbocycles. The van der Waals surface area contributed by atoms with Gasteiger partial charge < -0.3 is 4.98 Å². The minimum absolute atomic E-state index is 0.444. The molecule has 0 aromatic heterocycles. The number of nitrogens with one attached hydrogen (secondary N) is 1. The molecule has 90 valence electrons. The molecule has 2 heterocycles. The van der Waals surface area contributed by atoms with Gasteiger partial charge in [0.05, 0.1) is 11.4 Å². The van der Waals surface area contributed by atoms with Crippen LogP contribution in [-0.4, -0.2) is 15.0 Å². The van der Waals surface area contributed by atoms with Crippen molar-refractivity contribution in [3.63, 3.8) is 0 Å². The first kappa shape index (κ1) is 11.2. The molecule has 3 rings (SSSR count). The highest BCUT2D eigenvalue weighted by molar-refractivity contribution is 6.31.